The van der Waals surface area contributed by atoms with Crippen LogP contribution in [0.1, 0.15) is 19.8 Å². The van der Waals surface area contributed by atoms with Crippen LogP contribution in [0.25, 0.3) is 0 Å². The summed E-state index contributed by atoms with van der Waals surface area (Å²) in [6, 6.07) is 6.87. The summed E-state index contributed by atoms with van der Waals surface area (Å²) in [5.74, 6) is 0. The number of benzene rings is 1. The number of anilines is 1. The van der Waals surface area contributed by atoms with Crippen LogP contribution in [0, 0.1) is 0 Å². The van der Waals surface area contributed by atoms with Gasteiger partial charge in [-0.1, -0.05) is 24.9 Å². The van der Waals surface area contributed by atoms with Crippen LogP contribution < -0.4 is 5.32 Å². The van der Waals surface area contributed by atoms with Crippen LogP contribution >= 0.6 is 11.6 Å². The molecule has 0 spiro atoms. The molecule has 0 aromatic heterocycles. The Kier molecular flexibility index (Phi) is 4.98. The standard InChI is InChI=1S/C11H14ClNO2/c1-2-3-8-15-11(14)13-10-6-4-9(12)5-7-10/h4-7H,2-3,8H2,1H3,(H,13,14). The van der Waals surface area contributed by atoms with Gasteiger partial charge in [0.2, 0.25) is 0 Å². The Labute approximate surface area is 94.4 Å². The monoisotopic (exact) mass is 227 g/mol. The van der Waals surface area contributed by atoms with Gasteiger partial charge in [-0.2, -0.15) is 0 Å². The molecule has 1 aromatic carbocycles. The van der Waals surface area contributed by atoms with Crippen LogP contribution in [-0.2, 0) is 4.74 Å². The number of nitrogens with one attached hydrogen (secondary N) is 1. The number of ether oxygens (including phenoxy) is 1. The van der Waals surface area contributed by atoms with Crippen molar-refractivity contribution in [1.29, 1.82) is 0 Å². The summed E-state index contributed by atoms with van der Waals surface area (Å²) < 4.78 is 4.93. The molecule has 0 heterocycles. The van der Waals surface area contributed by atoms with Crippen LogP contribution in [0.2, 0.25) is 5.02 Å². The van der Waals surface area contributed by atoms with Gasteiger partial charge in [-0.3, -0.25) is 5.32 Å². The number of carbonyl (C=O) groups excluding carboxylic acids is 1. The maximum absolute atomic E-state index is 11.2. The molecule has 0 atom stereocenters. The molecule has 82 valence electrons. The molecule has 0 saturated heterocycles. The van der Waals surface area contributed by atoms with Gasteiger partial charge < -0.3 is 4.74 Å². The van der Waals surface area contributed by atoms with Gasteiger partial charge in [-0.05, 0) is 30.7 Å². The van der Waals surface area contributed by atoms with E-state index in [-0.39, 0.29) is 0 Å². The highest BCUT2D eigenvalue weighted by molar-refractivity contribution is 6.30. The van der Waals surface area contributed by atoms with Crippen molar-refractivity contribution in [3.63, 3.8) is 0 Å². The Morgan fingerprint density at radius 3 is 2.67 bits per heavy atom. The zero-order valence-corrected chi connectivity index (χ0v) is 9.38. The van der Waals surface area contributed by atoms with Crippen molar-refractivity contribution in [3.8, 4) is 0 Å². The van der Waals surface area contributed by atoms with Gasteiger partial charge in [0, 0.05) is 10.7 Å². The van der Waals surface area contributed by atoms with E-state index >= 15 is 0 Å². The molecule has 1 aromatic rings. The lowest BCUT2D eigenvalue weighted by atomic mass is 10.3. The van der Waals surface area contributed by atoms with Crippen LogP contribution in [0.5, 0.6) is 0 Å². The van der Waals surface area contributed by atoms with E-state index in [1.807, 2.05) is 6.92 Å². The molecule has 1 rings (SSSR count). The zero-order valence-electron chi connectivity index (χ0n) is 8.63. The van der Waals surface area contributed by atoms with Gasteiger partial charge in [-0.15, -0.1) is 0 Å². The summed E-state index contributed by atoms with van der Waals surface area (Å²) >= 11 is 5.71. The van der Waals surface area contributed by atoms with Gasteiger partial charge in [-0.25, -0.2) is 4.79 Å². The fraction of sp³-hybridized carbons (Fsp3) is 0.364. The van der Waals surface area contributed by atoms with E-state index in [0.29, 0.717) is 17.3 Å². The summed E-state index contributed by atoms with van der Waals surface area (Å²) in [6.07, 6.45) is 1.47. The largest absolute Gasteiger partial charge is 0.449 e. The molecule has 1 N–H and O–H groups in total. The average Bonchev–Trinajstić information content (AvgIpc) is 2.22. The first-order chi connectivity index (χ1) is 7.22. The fourth-order valence-corrected chi connectivity index (χ4v) is 1.12. The highest BCUT2D eigenvalue weighted by atomic mass is 35.5. The van der Waals surface area contributed by atoms with Crippen molar-refractivity contribution in [2.45, 2.75) is 19.8 Å². The summed E-state index contributed by atoms with van der Waals surface area (Å²) in [5, 5.41) is 3.25. The van der Waals surface area contributed by atoms with Gasteiger partial charge in [0.05, 0.1) is 6.61 Å². The van der Waals surface area contributed by atoms with Gasteiger partial charge in [0.1, 0.15) is 0 Å². The van der Waals surface area contributed by atoms with Crippen molar-refractivity contribution in [1.82, 2.24) is 0 Å². The summed E-state index contributed by atoms with van der Waals surface area (Å²) in [5.41, 5.74) is 0.681. The Morgan fingerprint density at radius 2 is 2.07 bits per heavy atom. The molecular weight excluding hydrogens is 214 g/mol. The van der Waals surface area contributed by atoms with Crippen LogP contribution in [0.15, 0.2) is 24.3 Å². The molecule has 0 bridgehead atoms. The van der Waals surface area contributed by atoms with Crippen molar-refractivity contribution in [2.75, 3.05) is 11.9 Å². The second-order valence-corrected chi connectivity index (χ2v) is 3.56. The lowest BCUT2D eigenvalue weighted by Crippen LogP contribution is -2.14. The van der Waals surface area contributed by atoms with Crippen LogP contribution in [0.4, 0.5) is 10.5 Å². The molecule has 3 nitrogen and oxygen atoms in total. The van der Waals surface area contributed by atoms with E-state index in [1.165, 1.54) is 0 Å². The van der Waals surface area contributed by atoms with E-state index in [4.69, 9.17) is 16.3 Å². The van der Waals surface area contributed by atoms with E-state index in [0.717, 1.165) is 12.8 Å². The Morgan fingerprint density at radius 1 is 1.40 bits per heavy atom. The van der Waals surface area contributed by atoms with Crippen LogP contribution in [0.3, 0.4) is 0 Å². The maximum Gasteiger partial charge on any atom is 0.411 e. The molecule has 1 amide bonds. The molecule has 0 aliphatic heterocycles. The minimum absolute atomic E-state index is 0.425. The maximum atomic E-state index is 11.2. The molecule has 0 unspecified atom stereocenters. The van der Waals surface area contributed by atoms with E-state index in [1.54, 1.807) is 24.3 Å². The third-order valence-corrected chi connectivity index (χ3v) is 2.07. The first kappa shape index (κ1) is 11.9. The second kappa shape index (κ2) is 6.30. The summed E-state index contributed by atoms with van der Waals surface area (Å²) in [7, 11) is 0. The van der Waals surface area contributed by atoms with E-state index in [2.05, 4.69) is 5.32 Å². The summed E-state index contributed by atoms with van der Waals surface area (Å²) in [6.45, 7) is 2.50. The number of rotatable bonds is 4. The lowest BCUT2D eigenvalue weighted by Gasteiger charge is -2.06. The van der Waals surface area contributed by atoms with Gasteiger partial charge in [0.25, 0.3) is 0 Å². The third kappa shape index (κ3) is 4.70. The number of amides is 1. The van der Waals surface area contributed by atoms with Gasteiger partial charge >= 0.3 is 6.09 Å². The van der Waals surface area contributed by atoms with Crippen LogP contribution in [-0.4, -0.2) is 12.7 Å². The molecular formula is C11H14ClNO2. The topological polar surface area (TPSA) is 38.3 Å². The second-order valence-electron chi connectivity index (χ2n) is 3.12. The number of unbranched alkanes of at least 4 members (excludes halogenated alkanes) is 1. The molecule has 15 heavy (non-hydrogen) atoms. The van der Waals surface area contributed by atoms with Gasteiger partial charge in [0.15, 0.2) is 0 Å². The predicted octanol–water partition coefficient (Wildman–Crippen LogP) is 3.69. The van der Waals surface area contributed by atoms with Crippen molar-refractivity contribution < 1.29 is 9.53 Å². The van der Waals surface area contributed by atoms with Crippen molar-refractivity contribution in [2.24, 2.45) is 0 Å². The predicted molar refractivity (Wildman–Crippen MR) is 61.3 cm³/mol. The molecule has 4 heteroatoms. The Bertz CT molecular complexity index is 311. The average molecular weight is 228 g/mol. The molecule has 0 aliphatic rings. The smallest absolute Gasteiger partial charge is 0.411 e. The SMILES string of the molecule is CCCCOC(=O)Nc1ccc(Cl)cc1. The third-order valence-electron chi connectivity index (χ3n) is 1.82. The van der Waals surface area contributed by atoms with Crippen molar-refractivity contribution >= 4 is 23.4 Å². The molecule has 0 aliphatic carbocycles. The highest BCUT2D eigenvalue weighted by Crippen LogP contribution is 2.13. The zero-order chi connectivity index (χ0) is 11.1. The Hall–Kier alpha value is -1.22. The summed E-state index contributed by atoms with van der Waals surface area (Å²) in [4.78, 5) is 11.2. The normalized spacial score (nSPS) is 9.73. The number of hydrogen-bond donors (Lipinski definition) is 1. The minimum Gasteiger partial charge on any atom is -0.449 e. The first-order valence-corrected chi connectivity index (χ1v) is 5.29. The van der Waals surface area contributed by atoms with E-state index in [9.17, 15) is 4.79 Å². The first-order valence-electron chi connectivity index (χ1n) is 4.91. The molecule has 0 radical (unpaired) electrons. The number of halogens is 1. The number of carbonyl (C=O) groups is 1. The number of hydrogen-bond acceptors (Lipinski definition) is 2. The molecule has 0 fully saturated rings. The quantitative estimate of drug-likeness (QED) is 0.797. The van der Waals surface area contributed by atoms with E-state index < -0.39 is 6.09 Å². The Balaban J connectivity index is 2.34. The van der Waals surface area contributed by atoms with Crippen molar-refractivity contribution in [3.05, 3.63) is 29.3 Å². The highest BCUT2D eigenvalue weighted by Gasteiger charge is 2.01. The molecule has 0 saturated carbocycles. The minimum atomic E-state index is -0.425. The fourth-order valence-electron chi connectivity index (χ4n) is 0.996. The lowest BCUT2D eigenvalue weighted by molar-refractivity contribution is 0.160.